The highest BCUT2D eigenvalue weighted by atomic mass is 16.8. The number of ether oxygens (including phenoxy) is 6. The first-order valence-corrected chi connectivity index (χ1v) is 19.8. The molecule has 1 spiro atoms. The summed E-state index contributed by atoms with van der Waals surface area (Å²) in [4.78, 5) is 0. The summed E-state index contributed by atoms with van der Waals surface area (Å²) in [7, 11) is 0. The van der Waals surface area contributed by atoms with Crippen LogP contribution in [-0.2, 0) is 28.4 Å². The fraction of sp³-hybridized carbons (Fsp3) is 0.949. The third-order valence-corrected chi connectivity index (χ3v) is 15.6. The summed E-state index contributed by atoms with van der Waals surface area (Å²) in [6.45, 7) is 11.5. The molecular formula is C39H62O12. The molecule has 7 fully saturated rings. The van der Waals surface area contributed by atoms with Crippen molar-refractivity contribution >= 4 is 0 Å². The number of fused-ring (bicyclic) bond motifs is 7. The van der Waals surface area contributed by atoms with Gasteiger partial charge in [-0.05, 0) is 98.7 Å². The summed E-state index contributed by atoms with van der Waals surface area (Å²) >= 11 is 0. The minimum atomic E-state index is -1.61. The summed E-state index contributed by atoms with van der Waals surface area (Å²) in [5.74, 6) is 2.92. The minimum Gasteiger partial charge on any atom is -0.394 e. The SMILES string of the molecule is C[C@@H]1CC[C@@]2(OC1)OC1CC3C4CC=C5CC(O[C@@H]6O[C@H](CO)[C@@H](O)[C@H](O)[C@H]6O[C@@H]6O[C@@H](C)[C@H](O)[C@@H](O)[C@H]6O)CC[C@]5(C)C4CC[C@]3(C)C1[C@@H]2C. The van der Waals surface area contributed by atoms with Crippen molar-refractivity contribution in [1.29, 1.82) is 0 Å². The van der Waals surface area contributed by atoms with E-state index in [0.717, 1.165) is 38.7 Å². The zero-order chi connectivity index (χ0) is 36.2. The van der Waals surface area contributed by atoms with E-state index in [0.29, 0.717) is 41.9 Å². The molecule has 51 heavy (non-hydrogen) atoms. The largest absolute Gasteiger partial charge is 0.394 e. The van der Waals surface area contributed by atoms with Gasteiger partial charge in [-0.15, -0.1) is 0 Å². The Bertz CT molecular complexity index is 1300. The van der Waals surface area contributed by atoms with Crippen LogP contribution in [-0.4, -0.2) is 123 Å². The fourth-order valence-electron chi connectivity index (χ4n) is 12.5. The van der Waals surface area contributed by atoms with Crippen molar-refractivity contribution in [1.82, 2.24) is 0 Å². The van der Waals surface area contributed by atoms with E-state index in [9.17, 15) is 30.6 Å². The molecular weight excluding hydrogens is 660 g/mol. The first kappa shape index (κ1) is 37.2. The van der Waals surface area contributed by atoms with Crippen LogP contribution in [0.1, 0.15) is 92.4 Å². The first-order valence-electron chi connectivity index (χ1n) is 19.8. The molecule has 0 amide bonds. The van der Waals surface area contributed by atoms with Gasteiger partial charge in [0.15, 0.2) is 18.4 Å². The molecule has 0 radical (unpaired) electrons. The van der Waals surface area contributed by atoms with Gasteiger partial charge in [-0.1, -0.05) is 39.3 Å². The topological polar surface area (TPSA) is 177 Å². The molecule has 21 atom stereocenters. The molecule has 0 bridgehead atoms. The highest BCUT2D eigenvalue weighted by Crippen LogP contribution is 2.70. The molecule has 0 aromatic carbocycles. The maximum atomic E-state index is 11.1. The summed E-state index contributed by atoms with van der Waals surface area (Å²) in [5.41, 5.74) is 1.70. The Hall–Kier alpha value is -0.740. The molecule has 4 heterocycles. The first-order chi connectivity index (χ1) is 24.2. The third kappa shape index (κ3) is 5.84. The molecule has 4 aliphatic heterocycles. The van der Waals surface area contributed by atoms with Crippen LogP contribution in [0.4, 0.5) is 0 Å². The van der Waals surface area contributed by atoms with Gasteiger partial charge in [0.05, 0.1) is 31.5 Å². The molecule has 3 saturated carbocycles. The number of allylic oxidation sites excluding steroid dienone is 1. The molecule has 12 nitrogen and oxygen atoms in total. The van der Waals surface area contributed by atoms with Crippen LogP contribution >= 0.6 is 0 Å². The normalized spacial score (nSPS) is 58.4. The van der Waals surface area contributed by atoms with Crippen LogP contribution in [0.5, 0.6) is 0 Å². The summed E-state index contributed by atoms with van der Waals surface area (Å²) in [6.07, 6.45) is -1.68. The predicted molar refractivity (Wildman–Crippen MR) is 182 cm³/mol. The van der Waals surface area contributed by atoms with Gasteiger partial charge in [0.25, 0.3) is 0 Å². The highest BCUT2D eigenvalue weighted by molar-refractivity contribution is 5.26. The van der Waals surface area contributed by atoms with Crippen molar-refractivity contribution in [3.63, 3.8) is 0 Å². The lowest BCUT2D eigenvalue weighted by molar-refractivity contribution is -0.369. The summed E-state index contributed by atoms with van der Waals surface area (Å²) in [5, 5.41) is 62.9. The molecule has 6 N–H and O–H groups in total. The van der Waals surface area contributed by atoms with E-state index < -0.39 is 73.8 Å². The quantitative estimate of drug-likeness (QED) is 0.229. The lowest BCUT2D eigenvalue weighted by Crippen LogP contribution is -2.64. The smallest absolute Gasteiger partial charge is 0.187 e. The summed E-state index contributed by atoms with van der Waals surface area (Å²) < 4.78 is 37.6. The molecule has 0 aromatic heterocycles. The lowest BCUT2D eigenvalue weighted by atomic mass is 9.47. The molecule has 290 valence electrons. The van der Waals surface area contributed by atoms with Gasteiger partial charge in [0, 0.05) is 12.3 Å². The minimum absolute atomic E-state index is 0.0535. The van der Waals surface area contributed by atoms with Crippen LogP contribution < -0.4 is 0 Å². The lowest BCUT2D eigenvalue weighted by Gasteiger charge is -2.58. The van der Waals surface area contributed by atoms with Crippen LogP contribution in [0.2, 0.25) is 0 Å². The fourth-order valence-corrected chi connectivity index (χ4v) is 12.5. The van der Waals surface area contributed by atoms with Crippen LogP contribution in [0.15, 0.2) is 11.6 Å². The molecule has 6 unspecified atom stereocenters. The van der Waals surface area contributed by atoms with Crippen LogP contribution in [0.3, 0.4) is 0 Å². The monoisotopic (exact) mass is 722 g/mol. The molecule has 4 aliphatic carbocycles. The van der Waals surface area contributed by atoms with E-state index in [1.807, 2.05) is 0 Å². The number of aliphatic hydroxyl groups excluding tert-OH is 6. The highest BCUT2D eigenvalue weighted by Gasteiger charge is 2.68. The van der Waals surface area contributed by atoms with Gasteiger partial charge >= 0.3 is 0 Å². The van der Waals surface area contributed by atoms with Crippen molar-refractivity contribution < 1.29 is 59.1 Å². The number of aliphatic hydroxyl groups is 6. The van der Waals surface area contributed by atoms with Crippen molar-refractivity contribution in [2.24, 2.45) is 46.3 Å². The van der Waals surface area contributed by atoms with E-state index in [-0.39, 0.29) is 23.0 Å². The zero-order valence-electron chi connectivity index (χ0n) is 30.9. The second kappa shape index (κ2) is 13.5. The van der Waals surface area contributed by atoms with Gasteiger partial charge < -0.3 is 59.1 Å². The van der Waals surface area contributed by atoms with Crippen molar-refractivity contribution in [2.45, 2.75) is 172 Å². The third-order valence-electron chi connectivity index (χ3n) is 15.6. The Balaban J connectivity index is 0.964. The van der Waals surface area contributed by atoms with Gasteiger partial charge in [-0.2, -0.15) is 0 Å². The summed E-state index contributed by atoms with van der Waals surface area (Å²) in [6, 6.07) is 0. The van der Waals surface area contributed by atoms with E-state index in [1.54, 1.807) is 0 Å². The van der Waals surface area contributed by atoms with E-state index in [2.05, 4.69) is 33.8 Å². The predicted octanol–water partition coefficient (Wildman–Crippen LogP) is 2.39. The Morgan fingerprint density at radius 1 is 0.824 bits per heavy atom. The Labute approximate surface area is 301 Å². The van der Waals surface area contributed by atoms with E-state index in [1.165, 1.54) is 31.8 Å². The molecule has 12 heteroatoms. The molecule has 8 rings (SSSR count). The zero-order valence-corrected chi connectivity index (χ0v) is 30.9. The van der Waals surface area contributed by atoms with Gasteiger partial charge in [0.2, 0.25) is 0 Å². The Kier molecular flexibility index (Phi) is 9.83. The van der Waals surface area contributed by atoms with Crippen LogP contribution in [0.25, 0.3) is 0 Å². The number of hydrogen-bond acceptors (Lipinski definition) is 12. The number of rotatable bonds is 5. The van der Waals surface area contributed by atoms with Gasteiger partial charge in [-0.3, -0.25) is 0 Å². The maximum Gasteiger partial charge on any atom is 0.187 e. The van der Waals surface area contributed by atoms with Crippen molar-refractivity contribution in [2.75, 3.05) is 13.2 Å². The van der Waals surface area contributed by atoms with Gasteiger partial charge in [-0.25, -0.2) is 0 Å². The molecule has 0 aromatic rings. The Morgan fingerprint density at radius 2 is 1.61 bits per heavy atom. The average Bonchev–Trinajstić information content (AvgIpc) is 3.56. The number of hydrogen-bond donors (Lipinski definition) is 6. The van der Waals surface area contributed by atoms with Gasteiger partial charge in [0.1, 0.15) is 42.7 Å². The standard InChI is InChI=1S/C39H62O12/c1-18-8-13-39(46-17-18)19(2)28-26(51-39)15-25-23-7-6-21-14-22(9-11-37(21,4)24(23)10-12-38(25,28)5)48-36-34(32(44)30(42)27(16-40)49-36)50-35-33(45)31(43)29(41)20(3)47-35/h6,18-20,22-36,40-45H,7-17H2,1-5H3/t18-,19+,20+,22?,23?,24?,25?,26?,27-,28?,29+,30-,31-,32+,33-,34-,35+,36-,37+,38+,39-/m1/s1. The Morgan fingerprint density at radius 3 is 2.33 bits per heavy atom. The average molecular weight is 723 g/mol. The van der Waals surface area contributed by atoms with Crippen molar-refractivity contribution in [3.8, 4) is 0 Å². The molecule has 4 saturated heterocycles. The van der Waals surface area contributed by atoms with Crippen molar-refractivity contribution in [3.05, 3.63) is 11.6 Å². The second-order valence-electron chi connectivity index (χ2n) is 18.3. The maximum absolute atomic E-state index is 11.1. The second-order valence-corrected chi connectivity index (χ2v) is 18.3. The van der Waals surface area contributed by atoms with E-state index in [4.69, 9.17) is 28.4 Å². The molecule has 8 aliphatic rings. The van der Waals surface area contributed by atoms with E-state index >= 15 is 0 Å². The van der Waals surface area contributed by atoms with Crippen LogP contribution in [0, 0.1) is 46.3 Å².